The monoisotopic (exact) mass is 247 g/mol. The largest absolute Gasteiger partial charge is 0.481 e. The molecule has 4 heteroatoms. The number of hydrogen-bond acceptors (Lipinski definition) is 2. The summed E-state index contributed by atoms with van der Waals surface area (Å²) in [7, 11) is 1.67. The third-order valence-corrected chi connectivity index (χ3v) is 2.48. The van der Waals surface area contributed by atoms with Gasteiger partial charge in [-0.1, -0.05) is 30.3 Å². The van der Waals surface area contributed by atoms with Gasteiger partial charge in [-0.15, -0.1) is 0 Å². The van der Waals surface area contributed by atoms with Gasteiger partial charge in [0.1, 0.15) is 0 Å². The number of carbonyl (C=O) groups excluding carboxylic acids is 1. The molecule has 0 unspecified atom stereocenters. The maximum absolute atomic E-state index is 11.7. The zero-order valence-corrected chi connectivity index (χ0v) is 10.4. The lowest BCUT2D eigenvalue weighted by Crippen LogP contribution is -2.26. The van der Waals surface area contributed by atoms with Crippen LogP contribution in [-0.2, 0) is 9.59 Å². The van der Waals surface area contributed by atoms with Crippen LogP contribution in [0.4, 0.5) is 0 Å². The van der Waals surface area contributed by atoms with E-state index in [0.717, 1.165) is 5.56 Å². The molecular weight excluding hydrogens is 230 g/mol. The van der Waals surface area contributed by atoms with Gasteiger partial charge >= 0.3 is 5.97 Å². The molecule has 1 rings (SSSR count). The van der Waals surface area contributed by atoms with Crippen LogP contribution in [-0.4, -0.2) is 35.5 Å². The molecule has 0 saturated heterocycles. The molecule has 0 saturated carbocycles. The van der Waals surface area contributed by atoms with Crippen LogP contribution < -0.4 is 0 Å². The molecule has 1 amide bonds. The van der Waals surface area contributed by atoms with Gasteiger partial charge < -0.3 is 10.0 Å². The number of nitrogens with zero attached hydrogens (tertiary/aromatic N) is 1. The third kappa shape index (κ3) is 5.30. The van der Waals surface area contributed by atoms with Crippen LogP contribution in [0.25, 0.3) is 6.08 Å². The lowest BCUT2D eigenvalue weighted by Gasteiger charge is -2.13. The Bertz CT molecular complexity index is 426. The van der Waals surface area contributed by atoms with Gasteiger partial charge in [0.15, 0.2) is 0 Å². The Balaban J connectivity index is 2.40. The second-order valence-electron chi connectivity index (χ2n) is 4.00. The van der Waals surface area contributed by atoms with Gasteiger partial charge in [-0.2, -0.15) is 0 Å². The number of carboxylic acids is 1. The van der Waals surface area contributed by atoms with Crippen LogP contribution in [0.15, 0.2) is 36.4 Å². The molecule has 0 aliphatic carbocycles. The Hall–Kier alpha value is -2.10. The fourth-order valence-electron chi connectivity index (χ4n) is 1.44. The van der Waals surface area contributed by atoms with Crippen LogP contribution in [0.5, 0.6) is 0 Å². The van der Waals surface area contributed by atoms with Gasteiger partial charge in [-0.3, -0.25) is 9.59 Å². The van der Waals surface area contributed by atoms with Crippen LogP contribution in [0.3, 0.4) is 0 Å². The molecule has 4 nitrogen and oxygen atoms in total. The number of carbonyl (C=O) groups is 2. The van der Waals surface area contributed by atoms with Crippen molar-refractivity contribution in [3.8, 4) is 0 Å². The average Bonchev–Trinajstić information content (AvgIpc) is 2.36. The second kappa shape index (κ2) is 7.27. The fraction of sp³-hybridized carbons (Fsp3) is 0.286. The molecule has 0 heterocycles. The summed E-state index contributed by atoms with van der Waals surface area (Å²) in [5.41, 5.74) is 0.963. The first-order chi connectivity index (χ1) is 8.59. The van der Waals surface area contributed by atoms with E-state index in [9.17, 15) is 9.59 Å². The number of carboxylic acid groups (broad SMARTS) is 1. The molecule has 0 fully saturated rings. The van der Waals surface area contributed by atoms with E-state index in [0.29, 0.717) is 13.0 Å². The molecule has 0 aromatic heterocycles. The summed E-state index contributed by atoms with van der Waals surface area (Å²) in [5.74, 6) is -0.958. The lowest BCUT2D eigenvalue weighted by molar-refractivity contribution is -0.137. The maximum atomic E-state index is 11.7. The zero-order valence-electron chi connectivity index (χ0n) is 10.4. The predicted molar refractivity (Wildman–Crippen MR) is 70.0 cm³/mol. The Morgan fingerprint density at radius 1 is 1.28 bits per heavy atom. The molecule has 0 atom stereocenters. The Morgan fingerprint density at radius 3 is 2.56 bits per heavy atom. The molecule has 0 aliphatic heterocycles. The number of aliphatic carboxylic acids is 1. The SMILES string of the molecule is CN(CCCC(=O)O)C(=O)/C=C/c1ccccc1. The van der Waals surface area contributed by atoms with Gasteiger partial charge in [0, 0.05) is 26.1 Å². The molecule has 18 heavy (non-hydrogen) atoms. The first-order valence-corrected chi connectivity index (χ1v) is 5.79. The molecule has 1 N–H and O–H groups in total. The number of likely N-dealkylation sites (N-methyl/N-ethyl adjacent to an activating group) is 1. The lowest BCUT2D eigenvalue weighted by atomic mass is 10.2. The quantitative estimate of drug-likeness (QED) is 0.782. The first-order valence-electron chi connectivity index (χ1n) is 5.79. The van der Waals surface area contributed by atoms with Crippen LogP contribution in [0.1, 0.15) is 18.4 Å². The molecular formula is C14H17NO3. The van der Waals surface area contributed by atoms with Crippen molar-refractivity contribution in [3.05, 3.63) is 42.0 Å². The summed E-state index contributed by atoms with van der Waals surface area (Å²) in [6, 6.07) is 9.54. The maximum Gasteiger partial charge on any atom is 0.303 e. The standard InChI is InChI=1S/C14H17NO3/c1-15(11-5-8-14(17)18)13(16)10-9-12-6-3-2-4-7-12/h2-4,6-7,9-10H,5,8,11H2,1H3,(H,17,18)/b10-9+. The van der Waals surface area contributed by atoms with E-state index < -0.39 is 5.97 Å². The third-order valence-electron chi connectivity index (χ3n) is 2.48. The van der Waals surface area contributed by atoms with Crippen molar-refractivity contribution in [1.29, 1.82) is 0 Å². The highest BCUT2D eigenvalue weighted by molar-refractivity contribution is 5.91. The van der Waals surface area contributed by atoms with Crippen LogP contribution in [0.2, 0.25) is 0 Å². The van der Waals surface area contributed by atoms with E-state index in [-0.39, 0.29) is 12.3 Å². The van der Waals surface area contributed by atoms with E-state index in [1.165, 1.54) is 11.0 Å². The fourth-order valence-corrected chi connectivity index (χ4v) is 1.44. The average molecular weight is 247 g/mol. The summed E-state index contributed by atoms with van der Waals surface area (Å²) in [6.45, 7) is 0.449. The molecule has 0 bridgehead atoms. The highest BCUT2D eigenvalue weighted by Crippen LogP contribution is 2.02. The predicted octanol–water partition coefficient (Wildman–Crippen LogP) is 2.02. The van der Waals surface area contributed by atoms with Crippen molar-refractivity contribution in [2.45, 2.75) is 12.8 Å². The van der Waals surface area contributed by atoms with Crippen molar-refractivity contribution in [2.75, 3.05) is 13.6 Å². The minimum Gasteiger partial charge on any atom is -0.481 e. The van der Waals surface area contributed by atoms with E-state index >= 15 is 0 Å². The van der Waals surface area contributed by atoms with Gasteiger partial charge in [0.2, 0.25) is 5.91 Å². The highest BCUT2D eigenvalue weighted by Gasteiger charge is 2.05. The summed E-state index contributed by atoms with van der Waals surface area (Å²) in [5, 5.41) is 8.50. The number of amides is 1. The summed E-state index contributed by atoms with van der Waals surface area (Å²) in [6.07, 6.45) is 3.79. The summed E-state index contributed by atoms with van der Waals surface area (Å²) < 4.78 is 0. The van der Waals surface area contributed by atoms with Crippen LogP contribution in [0, 0.1) is 0 Å². The van der Waals surface area contributed by atoms with Gasteiger partial charge in [-0.05, 0) is 18.1 Å². The molecule has 0 aliphatic rings. The summed E-state index contributed by atoms with van der Waals surface area (Å²) in [4.78, 5) is 23.5. The minimum absolute atomic E-state index is 0.0834. The highest BCUT2D eigenvalue weighted by atomic mass is 16.4. The first kappa shape index (κ1) is 14.0. The van der Waals surface area contributed by atoms with E-state index in [2.05, 4.69) is 0 Å². The van der Waals surface area contributed by atoms with E-state index in [1.54, 1.807) is 13.1 Å². The Kier molecular flexibility index (Phi) is 5.64. The number of hydrogen-bond donors (Lipinski definition) is 1. The van der Waals surface area contributed by atoms with Gasteiger partial charge in [0.05, 0.1) is 0 Å². The molecule has 0 spiro atoms. The van der Waals surface area contributed by atoms with Crippen molar-refractivity contribution in [2.24, 2.45) is 0 Å². The Labute approximate surface area is 107 Å². The van der Waals surface area contributed by atoms with E-state index in [4.69, 9.17) is 5.11 Å². The minimum atomic E-state index is -0.837. The Morgan fingerprint density at radius 2 is 1.94 bits per heavy atom. The smallest absolute Gasteiger partial charge is 0.303 e. The molecule has 0 radical (unpaired) electrons. The number of rotatable bonds is 6. The van der Waals surface area contributed by atoms with Crippen molar-refractivity contribution in [3.63, 3.8) is 0 Å². The van der Waals surface area contributed by atoms with Gasteiger partial charge in [0.25, 0.3) is 0 Å². The van der Waals surface area contributed by atoms with E-state index in [1.807, 2.05) is 30.3 Å². The van der Waals surface area contributed by atoms with Gasteiger partial charge in [-0.25, -0.2) is 0 Å². The van der Waals surface area contributed by atoms with Crippen molar-refractivity contribution >= 4 is 18.0 Å². The van der Waals surface area contributed by atoms with Crippen molar-refractivity contribution in [1.82, 2.24) is 4.90 Å². The van der Waals surface area contributed by atoms with Crippen molar-refractivity contribution < 1.29 is 14.7 Å². The topological polar surface area (TPSA) is 57.6 Å². The molecule has 96 valence electrons. The van der Waals surface area contributed by atoms with Crippen LogP contribution >= 0.6 is 0 Å². The second-order valence-corrected chi connectivity index (χ2v) is 4.00. The normalized spacial score (nSPS) is 10.5. The zero-order chi connectivity index (χ0) is 13.4. The number of benzene rings is 1. The molecule has 1 aromatic carbocycles. The molecule has 1 aromatic rings. The summed E-state index contributed by atoms with van der Waals surface area (Å²) >= 11 is 0.